The Bertz CT molecular complexity index is 606. The fourth-order valence-electron chi connectivity index (χ4n) is 1.97. The van der Waals surface area contributed by atoms with Crippen molar-refractivity contribution in [2.24, 2.45) is 0 Å². The van der Waals surface area contributed by atoms with E-state index in [-0.39, 0.29) is 5.91 Å². The lowest BCUT2D eigenvalue weighted by molar-refractivity contribution is 0.0748. The Morgan fingerprint density at radius 3 is 2.48 bits per heavy atom. The number of hydrogen-bond acceptors (Lipinski definition) is 3. The number of benzene rings is 1. The third-order valence-electron chi connectivity index (χ3n) is 2.99. The van der Waals surface area contributed by atoms with Crippen LogP contribution in [0.4, 0.5) is 5.69 Å². The molecule has 0 atom stereocenters. The summed E-state index contributed by atoms with van der Waals surface area (Å²) >= 11 is 8.31. The molecule has 2 aromatic rings. The molecule has 0 radical (unpaired) electrons. The van der Waals surface area contributed by atoms with Crippen LogP contribution >= 0.6 is 43.2 Å². The molecule has 1 heterocycles. The number of halogens is 2. The first-order chi connectivity index (χ1) is 10.0. The van der Waals surface area contributed by atoms with Crippen molar-refractivity contribution in [1.82, 2.24) is 4.90 Å². The summed E-state index contributed by atoms with van der Waals surface area (Å²) in [5.41, 5.74) is 7.52. The Morgan fingerprint density at radius 2 is 1.95 bits per heavy atom. The average molecular weight is 432 g/mol. The third kappa shape index (κ3) is 4.31. The van der Waals surface area contributed by atoms with Crippen LogP contribution in [0.2, 0.25) is 0 Å². The lowest BCUT2D eigenvalue weighted by Gasteiger charge is -2.21. The van der Waals surface area contributed by atoms with Gasteiger partial charge in [-0.25, -0.2) is 0 Å². The van der Waals surface area contributed by atoms with Crippen LogP contribution in [0.1, 0.15) is 28.6 Å². The zero-order chi connectivity index (χ0) is 15.4. The Labute approximate surface area is 145 Å². The number of amides is 1. The van der Waals surface area contributed by atoms with Crippen LogP contribution in [-0.2, 0) is 6.54 Å². The van der Waals surface area contributed by atoms with Crippen molar-refractivity contribution in [3.05, 3.63) is 49.0 Å². The van der Waals surface area contributed by atoms with Gasteiger partial charge in [-0.2, -0.15) is 0 Å². The van der Waals surface area contributed by atoms with Gasteiger partial charge in [0.1, 0.15) is 0 Å². The van der Waals surface area contributed by atoms with Gasteiger partial charge >= 0.3 is 0 Å². The number of rotatable bonds is 5. The van der Waals surface area contributed by atoms with Gasteiger partial charge in [0, 0.05) is 23.2 Å². The van der Waals surface area contributed by atoms with E-state index in [4.69, 9.17) is 5.73 Å². The molecule has 112 valence electrons. The minimum absolute atomic E-state index is 0.0603. The fraction of sp³-hybridized carbons (Fsp3) is 0.267. The second-order valence-electron chi connectivity index (χ2n) is 4.70. The van der Waals surface area contributed by atoms with Gasteiger partial charge in [-0.1, -0.05) is 19.1 Å². The summed E-state index contributed by atoms with van der Waals surface area (Å²) in [4.78, 5) is 15.2. The van der Waals surface area contributed by atoms with Gasteiger partial charge in [0.25, 0.3) is 5.91 Å². The molecule has 0 saturated carbocycles. The largest absolute Gasteiger partial charge is 0.399 e. The molecule has 0 aliphatic heterocycles. The van der Waals surface area contributed by atoms with Crippen molar-refractivity contribution in [1.29, 1.82) is 0 Å². The molecule has 0 bridgehead atoms. The molecular weight excluding hydrogens is 416 g/mol. The molecular formula is C15H16Br2N2OS. The summed E-state index contributed by atoms with van der Waals surface area (Å²) in [7, 11) is 0. The second-order valence-corrected chi connectivity index (χ2v) is 7.93. The summed E-state index contributed by atoms with van der Waals surface area (Å²) in [5.74, 6) is 0.0603. The van der Waals surface area contributed by atoms with Crippen LogP contribution in [0.3, 0.4) is 0 Å². The Kier molecular flexibility index (Phi) is 5.84. The minimum Gasteiger partial charge on any atom is -0.399 e. The van der Waals surface area contributed by atoms with Gasteiger partial charge in [-0.15, -0.1) is 11.3 Å². The standard InChI is InChI=1S/C15H16Br2N2OS/c1-2-7-19(9-10-3-5-11(18)6-4-10)15(20)13-8-12(16)14(17)21-13/h3-6,8H,2,7,9,18H2,1H3. The first kappa shape index (κ1) is 16.5. The lowest BCUT2D eigenvalue weighted by atomic mass is 10.2. The number of thiophene rings is 1. The van der Waals surface area contributed by atoms with Crippen molar-refractivity contribution in [3.63, 3.8) is 0 Å². The number of carbonyl (C=O) groups excluding carboxylic acids is 1. The molecule has 0 spiro atoms. The van der Waals surface area contributed by atoms with Crippen LogP contribution in [-0.4, -0.2) is 17.4 Å². The molecule has 21 heavy (non-hydrogen) atoms. The first-order valence-electron chi connectivity index (χ1n) is 6.59. The van der Waals surface area contributed by atoms with Gasteiger partial charge in [0.05, 0.1) is 8.66 Å². The van der Waals surface area contributed by atoms with Gasteiger partial charge in [-0.3, -0.25) is 4.79 Å². The van der Waals surface area contributed by atoms with Crippen molar-refractivity contribution in [3.8, 4) is 0 Å². The van der Waals surface area contributed by atoms with Crippen LogP contribution in [0.5, 0.6) is 0 Å². The quantitative estimate of drug-likeness (QED) is 0.683. The smallest absolute Gasteiger partial charge is 0.264 e. The van der Waals surface area contributed by atoms with Crippen molar-refractivity contribution >= 4 is 54.8 Å². The van der Waals surface area contributed by atoms with E-state index >= 15 is 0 Å². The number of nitrogens with two attached hydrogens (primary N) is 1. The van der Waals surface area contributed by atoms with Gasteiger partial charge in [0.2, 0.25) is 0 Å². The van der Waals surface area contributed by atoms with Crippen molar-refractivity contribution in [2.45, 2.75) is 19.9 Å². The van der Waals surface area contributed by atoms with E-state index in [2.05, 4.69) is 38.8 Å². The van der Waals surface area contributed by atoms with E-state index in [1.54, 1.807) is 0 Å². The molecule has 0 saturated heterocycles. The molecule has 6 heteroatoms. The molecule has 3 nitrogen and oxygen atoms in total. The Hall–Kier alpha value is -0.850. The highest BCUT2D eigenvalue weighted by molar-refractivity contribution is 9.13. The summed E-state index contributed by atoms with van der Waals surface area (Å²) in [5, 5.41) is 0. The van der Waals surface area contributed by atoms with E-state index in [0.29, 0.717) is 6.54 Å². The number of nitrogens with zero attached hydrogens (tertiary/aromatic N) is 1. The van der Waals surface area contributed by atoms with E-state index in [1.165, 1.54) is 11.3 Å². The summed E-state index contributed by atoms with van der Waals surface area (Å²) < 4.78 is 1.86. The van der Waals surface area contributed by atoms with E-state index in [0.717, 1.165) is 37.4 Å². The Balaban J connectivity index is 2.17. The molecule has 2 rings (SSSR count). The molecule has 0 aliphatic rings. The highest BCUT2D eigenvalue weighted by atomic mass is 79.9. The summed E-state index contributed by atoms with van der Waals surface area (Å²) in [6, 6.07) is 9.52. The Morgan fingerprint density at radius 1 is 1.29 bits per heavy atom. The normalized spacial score (nSPS) is 10.6. The second kappa shape index (κ2) is 7.42. The highest BCUT2D eigenvalue weighted by Crippen LogP contribution is 2.33. The van der Waals surface area contributed by atoms with Gasteiger partial charge in [-0.05, 0) is 62.0 Å². The van der Waals surface area contributed by atoms with E-state index in [9.17, 15) is 4.79 Å². The zero-order valence-corrected chi connectivity index (χ0v) is 15.6. The SMILES string of the molecule is CCCN(Cc1ccc(N)cc1)C(=O)c1cc(Br)c(Br)s1. The maximum Gasteiger partial charge on any atom is 0.264 e. The number of carbonyl (C=O) groups is 1. The van der Waals surface area contributed by atoms with Crippen molar-refractivity contribution in [2.75, 3.05) is 12.3 Å². The molecule has 1 aromatic carbocycles. The number of nitrogen functional groups attached to an aromatic ring is 1. The fourth-order valence-corrected chi connectivity index (χ4v) is 3.98. The van der Waals surface area contributed by atoms with Crippen LogP contribution in [0.25, 0.3) is 0 Å². The van der Waals surface area contributed by atoms with Crippen LogP contribution in [0, 0.1) is 0 Å². The topological polar surface area (TPSA) is 46.3 Å². The molecule has 0 fully saturated rings. The number of hydrogen-bond donors (Lipinski definition) is 1. The first-order valence-corrected chi connectivity index (χ1v) is 9.00. The zero-order valence-electron chi connectivity index (χ0n) is 11.6. The monoisotopic (exact) mass is 430 g/mol. The van der Waals surface area contributed by atoms with Crippen LogP contribution < -0.4 is 5.73 Å². The average Bonchev–Trinajstić information content (AvgIpc) is 2.80. The van der Waals surface area contributed by atoms with E-state index < -0.39 is 0 Å². The minimum atomic E-state index is 0.0603. The molecule has 1 aromatic heterocycles. The van der Waals surface area contributed by atoms with Gasteiger partial charge in [0.15, 0.2) is 0 Å². The third-order valence-corrected chi connectivity index (χ3v) is 6.23. The molecule has 1 amide bonds. The summed E-state index contributed by atoms with van der Waals surface area (Å²) in [6.07, 6.45) is 0.925. The predicted octanol–water partition coefficient (Wildman–Crippen LogP) is 4.91. The maximum atomic E-state index is 12.6. The molecule has 2 N–H and O–H groups in total. The van der Waals surface area contributed by atoms with Crippen molar-refractivity contribution < 1.29 is 4.79 Å². The van der Waals surface area contributed by atoms with Crippen LogP contribution in [0.15, 0.2) is 38.6 Å². The predicted molar refractivity (Wildman–Crippen MR) is 95.6 cm³/mol. The molecule has 0 unspecified atom stereocenters. The molecule has 0 aliphatic carbocycles. The highest BCUT2D eigenvalue weighted by Gasteiger charge is 2.19. The lowest BCUT2D eigenvalue weighted by Crippen LogP contribution is -2.30. The number of anilines is 1. The maximum absolute atomic E-state index is 12.6. The van der Waals surface area contributed by atoms with E-state index in [1.807, 2.05) is 35.2 Å². The van der Waals surface area contributed by atoms with Gasteiger partial charge < -0.3 is 10.6 Å². The summed E-state index contributed by atoms with van der Waals surface area (Å²) in [6.45, 7) is 3.40.